The topological polar surface area (TPSA) is 40.5 Å². The summed E-state index contributed by atoms with van der Waals surface area (Å²) in [6.07, 6.45) is 5.58. The second-order valence-corrected chi connectivity index (χ2v) is 5.80. The van der Waals surface area contributed by atoms with Crippen LogP contribution in [0, 0.1) is 0 Å². The number of amides is 1. The number of aliphatic hydroxyl groups excluding tert-OH is 1. The van der Waals surface area contributed by atoms with Crippen molar-refractivity contribution in [3.05, 3.63) is 35.4 Å². The van der Waals surface area contributed by atoms with Crippen molar-refractivity contribution in [2.45, 2.75) is 44.1 Å². The maximum absolute atomic E-state index is 12.2. The van der Waals surface area contributed by atoms with Crippen molar-refractivity contribution in [1.82, 2.24) is 4.90 Å². The van der Waals surface area contributed by atoms with Crippen LogP contribution >= 0.6 is 0 Å². The van der Waals surface area contributed by atoms with Crippen LogP contribution < -0.4 is 0 Å². The molecule has 1 amide bonds. The molecule has 0 spiro atoms. The van der Waals surface area contributed by atoms with Gasteiger partial charge in [-0.1, -0.05) is 25.0 Å². The van der Waals surface area contributed by atoms with E-state index in [-0.39, 0.29) is 12.0 Å². The summed E-state index contributed by atoms with van der Waals surface area (Å²) in [7, 11) is 0. The van der Waals surface area contributed by atoms with Crippen molar-refractivity contribution >= 4 is 5.91 Å². The molecule has 1 aliphatic heterocycles. The normalized spacial score (nSPS) is 24.1. The summed E-state index contributed by atoms with van der Waals surface area (Å²) >= 11 is 0. The van der Waals surface area contributed by atoms with Crippen LogP contribution in [0.25, 0.3) is 0 Å². The van der Waals surface area contributed by atoms with Gasteiger partial charge in [-0.25, -0.2) is 0 Å². The molecule has 19 heavy (non-hydrogen) atoms. The molecule has 2 aliphatic rings. The molecule has 0 aromatic heterocycles. The predicted molar refractivity (Wildman–Crippen MR) is 74.2 cm³/mol. The molecular weight excluding hydrogens is 238 g/mol. The Balaban J connectivity index is 1.69. The Morgan fingerprint density at radius 3 is 2.37 bits per heavy atom. The van der Waals surface area contributed by atoms with Crippen molar-refractivity contribution in [2.75, 3.05) is 13.1 Å². The number of carbonyl (C=O) groups is 1. The number of aliphatic hydroxyl groups is 1. The maximum atomic E-state index is 12.2. The Bertz CT molecular complexity index is 448. The van der Waals surface area contributed by atoms with Gasteiger partial charge in [0.05, 0.1) is 6.10 Å². The molecule has 1 heterocycles. The molecular formula is C16H21NO2. The minimum atomic E-state index is -0.346. The van der Waals surface area contributed by atoms with Gasteiger partial charge in [0.2, 0.25) is 0 Å². The van der Waals surface area contributed by atoms with Crippen LogP contribution in [-0.4, -0.2) is 35.1 Å². The lowest BCUT2D eigenvalue weighted by molar-refractivity contribution is 0.0765. The lowest BCUT2D eigenvalue weighted by atomic mass is 9.96. The van der Waals surface area contributed by atoms with Crippen molar-refractivity contribution in [3.8, 4) is 0 Å². The summed E-state index contributed by atoms with van der Waals surface area (Å²) in [6, 6.07) is 8.10. The van der Waals surface area contributed by atoms with E-state index in [1.165, 1.54) is 31.2 Å². The number of hydrogen-bond acceptors (Lipinski definition) is 2. The zero-order valence-electron chi connectivity index (χ0n) is 11.2. The molecule has 0 radical (unpaired) electrons. The van der Waals surface area contributed by atoms with Gasteiger partial charge in [-0.15, -0.1) is 0 Å². The fourth-order valence-corrected chi connectivity index (χ4v) is 3.27. The molecule has 0 bridgehead atoms. The fraction of sp³-hybridized carbons (Fsp3) is 0.562. The average Bonchev–Trinajstić information content (AvgIpc) is 3.09. The molecule has 0 unspecified atom stereocenters. The van der Waals surface area contributed by atoms with Crippen LogP contribution in [-0.2, 0) is 0 Å². The zero-order valence-corrected chi connectivity index (χ0v) is 11.2. The average molecular weight is 259 g/mol. The van der Waals surface area contributed by atoms with Crippen LogP contribution in [0.3, 0.4) is 0 Å². The van der Waals surface area contributed by atoms with Gasteiger partial charge in [0.1, 0.15) is 0 Å². The van der Waals surface area contributed by atoms with E-state index in [9.17, 15) is 9.90 Å². The number of nitrogens with zero attached hydrogens (tertiary/aromatic N) is 1. The predicted octanol–water partition coefficient (Wildman–Crippen LogP) is 2.55. The lowest BCUT2D eigenvalue weighted by Gasteiger charge is -2.16. The van der Waals surface area contributed by atoms with Crippen LogP contribution in [0.1, 0.15) is 53.9 Å². The zero-order chi connectivity index (χ0) is 13.2. The Labute approximate surface area is 114 Å². The Morgan fingerprint density at radius 1 is 1.11 bits per heavy atom. The molecule has 2 fully saturated rings. The van der Waals surface area contributed by atoms with E-state index in [4.69, 9.17) is 0 Å². The first kappa shape index (κ1) is 12.7. The van der Waals surface area contributed by atoms with E-state index >= 15 is 0 Å². The van der Waals surface area contributed by atoms with E-state index < -0.39 is 0 Å². The number of carbonyl (C=O) groups excluding carboxylic acids is 1. The van der Waals surface area contributed by atoms with Crippen molar-refractivity contribution < 1.29 is 9.90 Å². The summed E-state index contributed by atoms with van der Waals surface area (Å²) in [5.41, 5.74) is 2.12. The molecule has 1 N–H and O–H groups in total. The number of rotatable bonds is 2. The van der Waals surface area contributed by atoms with E-state index in [0.717, 1.165) is 5.56 Å². The van der Waals surface area contributed by atoms with E-state index in [1.54, 1.807) is 4.90 Å². The lowest BCUT2D eigenvalue weighted by Crippen LogP contribution is -2.29. The first-order valence-electron chi connectivity index (χ1n) is 7.31. The Kier molecular flexibility index (Phi) is 3.56. The number of β-amino-alcohol motifs (C(OH)–C–C–N with tert-alkyl or cyclic N) is 1. The highest BCUT2D eigenvalue weighted by Gasteiger charge is 2.25. The molecule has 1 aromatic rings. The Hall–Kier alpha value is -1.35. The summed E-state index contributed by atoms with van der Waals surface area (Å²) in [5, 5.41) is 9.49. The minimum Gasteiger partial charge on any atom is -0.391 e. The van der Waals surface area contributed by atoms with Gasteiger partial charge in [0.25, 0.3) is 5.91 Å². The van der Waals surface area contributed by atoms with Crippen LogP contribution in [0.5, 0.6) is 0 Å². The van der Waals surface area contributed by atoms with Gasteiger partial charge in [-0.05, 0) is 42.9 Å². The summed E-state index contributed by atoms with van der Waals surface area (Å²) in [4.78, 5) is 14.0. The number of benzene rings is 1. The summed E-state index contributed by atoms with van der Waals surface area (Å²) in [6.45, 7) is 1.15. The molecule has 1 aromatic carbocycles. The van der Waals surface area contributed by atoms with Gasteiger partial charge in [-0.3, -0.25) is 4.79 Å². The van der Waals surface area contributed by atoms with Crippen LogP contribution in [0.2, 0.25) is 0 Å². The number of hydrogen-bond donors (Lipinski definition) is 1. The molecule has 3 heteroatoms. The standard InChI is InChI=1S/C16H21NO2/c18-15-9-10-17(11-15)16(19)14-7-5-13(6-8-14)12-3-1-2-4-12/h5-8,12,15,18H,1-4,9-11H2/t15-/m0/s1. The number of likely N-dealkylation sites (tertiary alicyclic amines) is 1. The first-order chi connectivity index (χ1) is 9.24. The third-order valence-corrected chi connectivity index (χ3v) is 4.43. The van der Waals surface area contributed by atoms with Gasteiger partial charge < -0.3 is 10.0 Å². The fourth-order valence-electron chi connectivity index (χ4n) is 3.27. The summed E-state index contributed by atoms with van der Waals surface area (Å²) in [5.74, 6) is 0.743. The highest BCUT2D eigenvalue weighted by atomic mass is 16.3. The third-order valence-electron chi connectivity index (χ3n) is 4.43. The van der Waals surface area contributed by atoms with Crippen LogP contribution in [0.4, 0.5) is 0 Å². The van der Waals surface area contributed by atoms with Gasteiger partial charge >= 0.3 is 0 Å². The monoisotopic (exact) mass is 259 g/mol. The molecule has 3 nitrogen and oxygen atoms in total. The highest BCUT2D eigenvalue weighted by molar-refractivity contribution is 5.94. The van der Waals surface area contributed by atoms with E-state index in [1.807, 2.05) is 12.1 Å². The SMILES string of the molecule is O=C(c1ccc(C2CCCC2)cc1)N1CC[C@H](O)C1. The second kappa shape index (κ2) is 5.33. The van der Waals surface area contributed by atoms with E-state index in [0.29, 0.717) is 25.4 Å². The molecule has 1 atom stereocenters. The minimum absolute atomic E-state index is 0.0505. The molecule has 3 rings (SSSR count). The molecule has 102 valence electrons. The van der Waals surface area contributed by atoms with Gasteiger partial charge in [0, 0.05) is 18.7 Å². The molecule has 1 aliphatic carbocycles. The smallest absolute Gasteiger partial charge is 0.253 e. The maximum Gasteiger partial charge on any atom is 0.253 e. The van der Waals surface area contributed by atoms with Crippen LogP contribution in [0.15, 0.2) is 24.3 Å². The highest BCUT2D eigenvalue weighted by Crippen LogP contribution is 2.34. The largest absolute Gasteiger partial charge is 0.391 e. The molecule has 1 saturated heterocycles. The first-order valence-corrected chi connectivity index (χ1v) is 7.31. The second-order valence-electron chi connectivity index (χ2n) is 5.80. The summed E-state index contributed by atoms with van der Waals surface area (Å²) < 4.78 is 0. The van der Waals surface area contributed by atoms with E-state index in [2.05, 4.69) is 12.1 Å². The molecule has 1 saturated carbocycles. The third kappa shape index (κ3) is 2.66. The van der Waals surface area contributed by atoms with Crippen molar-refractivity contribution in [3.63, 3.8) is 0 Å². The Morgan fingerprint density at radius 2 is 1.79 bits per heavy atom. The quantitative estimate of drug-likeness (QED) is 0.886. The van der Waals surface area contributed by atoms with Crippen molar-refractivity contribution in [2.24, 2.45) is 0 Å². The van der Waals surface area contributed by atoms with Gasteiger partial charge in [-0.2, -0.15) is 0 Å². The van der Waals surface area contributed by atoms with Crippen molar-refractivity contribution in [1.29, 1.82) is 0 Å². The van der Waals surface area contributed by atoms with Gasteiger partial charge in [0.15, 0.2) is 0 Å².